The number of nitrogens with one attached hydrogen (secondary N) is 2. The quantitative estimate of drug-likeness (QED) is 0.746. The topological polar surface area (TPSA) is 101 Å². The van der Waals surface area contributed by atoms with Crippen LogP contribution < -0.4 is 15.8 Å². The van der Waals surface area contributed by atoms with Crippen molar-refractivity contribution in [2.24, 2.45) is 11.1 Å². The number of nitrogens with two attached hydrogens (primary N) is 1. The van der Waals surface area contributed by atoms with E-state index in [9.17, 15) is 13.2 Å². The lowest BCUT2D eigenvalue weighted by atomic mass is 9.92. The second kappa shape index (κ2) is 6.55. The summed E-state index contributed by atoms with van der Waals surface area (Å²) in [5.41, 5.74) is 0.719. The van der Waals surface area contributed by atoms with Crippen LogP contribution in [0.15, 0.2) is 29.2 Å². The summed E-state index contributed by atoms with van der Waals surface area (Å²) in [6.07, 6.45) is 1.65. The maximum Gasteiger partial charge on any atom is 0.238 e. The van der Waals surface area contributed by atoms with Gasteiger partial charge >= 0.3 is 0 Å². The lowest BCUT2D eigenvalue weighted by molar-refractivity contribution is -0.126. The van der Waals surface area contributed by atoms with Crippen molar-refractivity contribution in [2.45, 2.75) is 37.2 Å². The molecule has 1 aliphatic heterocycles. The molecule has 0 saturated carbocycles. The minimum absolute atomic E-state index is 0.0164. The number of benzene rings is 1. The molecule has 2 rings (SSSR count). The van der Waals surface area contributed by atoms with Crippen LogP contribution in [-0.4, -0.2) is 26.9 Å². The van der Waals surface area contributed by atoms with Crippen LogP contribution in [0.4, 0.5) is 0 Å². The maximum atomic E-state index is 12.1. The molecule has 1 aromatic carbocycles. The van der Waals surface area contributed by atoms with Gasteiger partial charge in [-0.3, -0.25) is 4.79 Å². The average Bonchev–Trinajstić information content (AvgIpc) is 2.44. The number of primary sulfonamides is 1. The molecule has 0 aromatic heterocycles. The van der Waals surface area contributed by atoms with Crippen molar-refractivity contribution in [3.05, 3.63) is 29.8 Å². The highest BCUT2D eigenvalue weighted by molar-refractivity contribution is 7.89. The second-order valence-corrected chi connectivity index (χ2v) is 7.05. The first kappa shape index (κ1) is 15.9. The Labute approximate surface area is 125 Å². The monoisotopic (exact) mass is 311 g/mol. The first-order valence-electron chi connectivity index (χ1n) is 6.99. The predicted molar refractivity (Wildman–Crippen MR) is 79.9 cm³/mol. The summed E-state index contributed by atoms with van der Waals surface area (Å²) in [6, 6.07) is 6.66. The summed E-state index contributed by atoms with van der Waals surface area (Å²) in [7, 11) is -3.71. The molecular weight excluding hydrogens is 290 g/mol. The summed E-state index contributed by atoms with van der Waals surface area (Å²) in [6.45, 7) is 3.22. The van der Waals surface area contributed by atoms with Gasteiger partial charge in [-0.25, -0.2) is 13.6 Å². The highest BCUT2D eigenvalue weighted by atomic mass is 32.2. The van der Waals surface area contributed by atoms with Gasteiger partial charge in [-0.2, -0.15) is 0 Å². The van der Waals surface area contributed by atoms with E-state index in [0.29, 0.717) is 12.6 Å². The first-order chi connectivity index (χ1) is 9.86. The molecule has 21 heavy (non-hydrogen) atoms. The third-order valence-electron chi connectivity index (χ3n) is 3.69. The molecule has 1 aromatic rings. The molecule has 1 amide bonds. The fraction of sp³-hybridized carbons (Fsp3) is 0.500. The highest BCUT2D eigenvalue weighted by Crippen LogP contribution is 2.16. The third-order valence-corrected chi connectivity index (χ3v) is 4.60. The van der Waals surface area contributed by atoms with Crippen LogP contribution in [0.1, 0.15) is 25.3 Å². The standard InChI is InChI=1S/C14H21N3O3S/c1-10-7-12(5-6-16-10)14(18)17-9-11-3-2-4-13(8-11)21(15,19)20/h2-4,8,10,12,16H,5-7,9H2,1H3,(H,17,18)(H2,15,19,20). The van der Waals surface area contributed by atoms with Crippen LogP contribution in [-0.2, 0) is 21.4 Å². The van der Waals surface area contributed by atoms with Gasteiger partial charge in [0.2, 0.25) is 15.9 Å². The summed E-state index contributed by atoms with van der Waals surface area (Å²) in [4.78, 5) is 12.2. The van der Waals surface area contributed by atoms with E-state index in [2.05, 4.69) is 17.6 Å². The van der Waals surface area contributed by atoms with Gasteiger partial charge in [0.1, 0.15) is 0 Å². The third kappa shape index (κ3) is 4.52. The molecule has 1 heterocycles. The Morgan fingerprint density at radius 3 is 2.90 bits per heavy atom. The van der Waals surface area contributed by atoms with Crippen LogP contribution in [0, 0.1) is 5.92 Å². The van der Waals surface area contributed by atoms with Gasteiger partial charge in [-0.1, -0.05) is 12.1 Å². The molecule has 0 spiro atoms. The predicted octanol–water partition coefficient (Wildman–Crippen LogP) is 0.338. The van der Waals surface area contributed by atoms with Crippen molar-refractivity contribution in [3.8, 4) is 0 Å². The zero-order chi connectivity index (χ0) is 15.5. The highest BCUT2D eigenvalue weighted by Gasteiger charge is 2.24. The van der Waals surface area contributed by atoms with Crippen molar-refractivity contribution < 1.29 is 13.2 Å². The smallest absolute Gasteiger partial charge is 0.238 e. The molecule has 2 atom stereocenters. The molecule has 7 heteroatoms. The zero-order valence-electron chi connectivity index (χ0n) is 12.0. The summed E-state index contributed by atoms with van der Waals surface area (Å²) >= 11 is 0. The Kier molecular flexibility index (Phi) is 4.97. The van der Waals surface area contributed by atoms with E-state index in [0.717, 1.165) is 24.9 Å². The lowest BCUT2D eigenvalue weighted by Gasteiger charge is -2.27. The minimum Gasteiger partial charge on any atom is -0.352 e. The van der Waals surface area contributed by atoms with Gasteiger partial charge in [-0.15, -0.1) is 0 Å². The largest absolute Gasteiger partial charge is 0.352 e. The molecule has 0 bridgehead atoms. The number of amides is 1. The Morgan fingerprint density at radius 1 is 1.48 bits per heavy atom. The van der Waals surface area contributed by atoms with E-state index in [1.165, 1.54) is 12.1 Å². The molecule has 0 aliphatic carbocycles. The summed E-state index contributed by atoms with van der Waals surface area (Å²) < 4.78 is 22.6. The Morgan fingerprint density at radius 2 is 2.24 bits per heavy atom. The number of sulfonamides is 1. The molecule has 1 fully saturated rings. The van der Waals surface area contributed by atoms with Crippen LogP contribution in [0.2, 0.25) is 0 Å². The second-order valence-electron chi connectivity index (χ2n) is 5.49. The fourth-order valence-electron chi connectivity index (χ4n) is 2.54. The average molecular weight is 311 g/mol. The number of carbonyl (C=O) groups excluding carboxylic acids is 1. The van der Waals surface area contributed by atoms with E-state index < -0.39 is 10.0 Å². The van der Waals surface area contributed by atoms with Gasteiger partial charge in [0.05, 0.1) is 4.90 Å². The molecule has 4 N–H and O–H groups in total. The molecule has 6 nitrogen and oxygen atoms in total. The van der Waals surface area contributed by atoms with Crippen molar-refractivity contribution in [1.29, 1.82) is 0 Å². The van der Waals surface area contributed by atoms with E-state index in [-0.39, 0.29) is 16.7 Å². The zero-order valence-corrected chi connectivity index (χ0v) is 12.8. The van der Waals surface area contributed by atoms with Crippen LogP contribution in [0.5, 0.6) is 0 Å². The van der Waals surface area contributed by atoms with Gasteiger partial charge in [0, 0.05) is 18.5 Å². The molecule has 2 unspecified atom stereocenters. The molecule has 1 saturated heterocycles. The first-order valence-corrected chi connectivity index (χ1v) is 8.54. The van der Waals surface area contributed by atoms with Crippen molar-refractivity contribution in [1.82, 2.24) is 10.6 Å². The SMILES string of the molecule is CC1CC(C(=O)NCc2cccc(S(N)(=O)=O)c2)CCN1. The normalized spacial score (nSPS) is 22.8. The van der Waals surface area contributed by atoms with E-state index in [1.54, 1.807) is 12.1 Å². The summed E-state index contributed by atoms with van der Waals surface area (Å²) in [5, 5.41) is 11.3. The number of carbonyl (C=O) groups is 1. The molecular formula is C14H21N3O3S. The Hall–Kier alpha value is -1.44. The van der Waals surface area contributed by atoms with Crippen LogP contribution in [0.25, 0.3) is 0 Å². The van der Waals surface area contributed by atoms with Gasteiger partial charge in [-0.05, 0) is 44.0 Å². The number of piperidine rings is 1. The van der Waals surface area contributed by atoms with Crippen molar-refractivity contribution in [2.75, 3.05) is 6.54 Å². The number of hydrogen-bond acceptors (Lipinski definition) is 4. The number of hydrogen-bond donors (Lipinski definition) is 3. The van der Waals surface area contributed by atoms with Crippen molar-refractivity contribution >= 4 is 15.9 Å². The van der Waals surface area contributed by atoms with E-state index >= 15 is 0 Å². The van der Waals surface area contributed by atoms with E-state index in [1.807, 2.05) is 0 Å². The number of rotatable bonds is 4. The summed E-state index contributed by atoms with van der Waals surface area (Å²) in [5.74, 6) is 0.0343. The molecule has 116 valence electrons. The minimum atomic E-state index is -3.71. The Balaban J connectivity index is 1.95. The molecule has 1 aliphatic rings. The van der Waals surface area contributed by atoms with Gasteiger partial charge in [0.15, 0.2) is 0 Å². The maximum absolute atomic E-state index is 12.1. The fourth-order valence-corrected chi connectivity index (χ4v) is 3.12. The van der Waals surface area contributed by atoms with Crippen LogP contribution in [0.3, 0.4) is 0 Å². The Bertz CT molecular complexity index is 616. The molecule has 0 radical (unpaired) electrons. The van der Waals surface area contributed by atoms with E-state index in [4.69, 9.17) is 5.14 Å². The van der Waals surface area contributed by atoms with Gasteiger partial charge < -0.3 is 10.6 Å². The van der Waals surface area contributed by atoms with Gasteiger partial charge in [0.25, 0.3) is 0 Å². The van der Waals surface area contributed by atoms with Crippen molar-refractivity contribution in [3.63, 3.8) is 0 Å². The van der Waals surface area contributed by atoms with Crippen LogP contribution >= 0.6 is 0 Å². The lowest BCUT2D eigenvalue weighted by Crippen LogP contribution is -2.42.